The average molecular weight is 279 g/mol. The largest absolute Gasteiger partial charge is 0.481 e. The predicted molar refractivity (Wildman–Crippen MR) is 71.8 cm³/mol. The fraction of sp³-hybridized carbons (Fsp3) is 0.357. The van der Waals surface area contributed by atoms with Crippen molar-refractivity contribution in [2.75, 3.05) is 6.54 Å². The molecule has 2 N–H and O–H groups in total. The van der Waals surface area contributed by atoms with Gasteiger partial charge < -0.3 is 15.2 Å². The van der Waals surface area contributed by atoms with E-state index in [-0.39, 0.29) is 12.3 Å². The van der Waals surface area contributed by atoms with Gasteiger partial charge in [-0.3, -0.25) is 14.4 Å². The molecular formula is C14H17NO5. The molecular weight excluding hydrogens is 262 g/mol. The second-order valence-electron chi connectivity index (χ2n) is 4.24. The Hall–Kier alpha value is -2.37. The minimum atomic E-state index is -0.890. The van der Waals surface area contributed by atoms with E-state index in [0.717, 1.165) is 6.29 Å². The van der Waals surface area contributed by atoms with E-state index in [2.05, 4.69) is 5.32 Å². The Morgan fingerprint density at radius 2 is 2.00 bits per heavy atom. The molecule has 1 atom stereocenters. The van der Waals surface area contributed by atoms with Gasteiger partial charge in [-0.1, -0.05) is 0 Å². The Morgan fingerprint density at radius 3 is 2.55 bits per heavy atom. The molecule has 0 aromatic heterocycles. The third-order valence-electron chi connectivity index (χ3n) is 2.56. The van der Waals surface area contributed by atoms with Crippen molar-refractivity contribution in [3.05, 3.63) is 29.8 Å². The number of rotatable bonds is 8. The van der Waals surface area contributed by atoms with Gasteiger partial charge in [0.05, 0.1) is 0 Å². The van der Waals surface area contributed by atoms with E-state index in [1.165, 1.54) is 0 Å². The highest BCUT2D eigenvalue weighted by molar-refractivity contribution is 5.80. The Bertz CT molecular complexity index is 469. The quantitative estimate of drug-likeness (QED) is 0.552. The number of amides is 1. The standard InChI is InChI=1S/C14H17NO5/c1-10(14(19)15-8-2-3-13(17)18)20-12-6-4-11(9-16)5-7-12/h4-7,9-10H,2-3,8H2,1H3,(H,15,19)(H,17,18). The molecule has 0 saturated carbocycles. The summed E-state index contributed by atoms with van der Waals surface area (Å²) >= 11 is 0. The fourth-order valence-electron chi connectivity index (χ4n) is 1.48. The summed E-state index contributed by atoms with van der Waals surface area (Å²) in [5, 5.41) is 11.1. The van der Waals surface area contributed by atoms with Crippen LogP contribution in [0.25, 0.3) is 0 Å². The lowest BCUT2D eigenvalue weighted by Gasteiger charge is -2.14. The van der Waals surface area contributed by atoms with E-state index >= 15 is 0 Å². The molecule has 6 nitrogen and oxygen atoms in total. The lowest BCUT2D eigenvalue weighted by Crippen LogP contribution is -2.36. The summed E-state index contributed by atoms with van der Waals surface area (Å²) < 4.78 is 5.41. The SMILES string of the molecule is CC(Oc1ccc(C=O)cc1)C(=O)NCCCC(=O)O. The molecule has 6 heteroatoms. The van der Waals surface area contributed by atoms with E-state index in [4.69, 9.17) is 9.84 Å². The molecule has 0 fully saturated rings. The number of aliphatic carboxylic acids is 1. The van der Waals surface area contributed by atoms with E-state index in [1.807, 2.05) is 0 Å². The highest BCUT2D eigenvalue weighted by Gasteiger charge is 2.14. The maximum atomic E-state index is 11.7. The highest BCUT2D eigenvalue weighted by Crippen LogP contribution is 2.13. The Morgan fingerprint density at radius 1 is 1.35 bits per heavy atom. The predicted octanol–water partition coefficient (Wildman–Crippen LogP) is 1.25. The zero-order valence-corrected chi connectivity index (χ0v) is 11.2. The molecule has 108 valence electrons. The van der Waals surface area contributed by atoms with Crippen molar-refractivity contribution in [3.8, 4) is 5.75 Å². The summed E-state index contributed by atoms with van der Waals surface area (Å²) in [6.45, 7) is 1.89. The maximum absolute atomic E-state index is 11.7. The Labute approximate surface area is 116 Å². The number of ether oxygens (including phenoxy) is 1. The molecule has 0 spiro atoms. The first-order chi connectivity index (χ1) is 9.52. The van der Waals surface area contributed by atoms with Crippen molar-refractivity contribution >= 4 is 18.2 Å². The van der Waals surface area contributed by atoms with Crippen molar-refractivity contribution in [3.63, 3.8) is 0 Å². The summed E-state index contributed by atoms with van der Waals surface area (Å²) in [4.78, 5) is 32.5. The van der Waals surface area contributed by atoms with Crippen LogP contribution in [0.4, 0.5) is 0 Å². The van der Waals surface area contributed by atoms with Crippen molar-refractivity contribution < 1.29 is 24.2 Å². The smallest absolute Gasteiger partial charge is 0.303 e. The number of aldehydes is 1. The third kappa shape index (κ3) is 5.51. The summed E-state index contributed by atoms with van der Waals surface area (Å²) in [6.07, 6.45) is 0.425. The maximum Gasteiger partial charge on any atom is 0.303 e. The van der Waals surface area contributed by atoms with Gasteiger partial charge >= 0.3 is 5.97 Å². The molecule has 0 radical (unpaired) electrons. The Kier molecular flexibility index (Phi) is 6.22. The molecule has 0 aliphatic carbocycles. The van der Waals surface area contributed by atoms with Crippen LogP contribution in [0.1, 0.15) is 30.1 Å². The molecule has 0 heterocycles. The summed E-state index contributed by atoms with van der Waals surface area (Å²) in [7, 11) is 0. The Balaban J connectivity index is 2.36. The van der Waals surface area contributed by atoms with Gasteiger partial charge in [0.25, 0.3) is 5.91 Å². The number of nitrogens with one attached hydrogen (secondary N) is 1. The molecule has 0 aliphatic rings. The minimum Gasteiger partial charge on any atom is -0.481 e. The molecule has 1 aromatic rings. The first-order valence-corrected chi connectivity index (χ1v) is 6.24. The third-order valence-corrected chi connectivity index (χ3v) is 2.56. The molecule has 0 saturated heterocycles. The molecule has 1 amide bonds. The van der Waals surface area contributed by atoms with Crippen LogP contribution in [-0.2, 0) is 9.59 Å². The second kappa shape index (κ2) is 7.93. The van der Waals surface area contributed by atoms with E-state index in [0.29, 0.717) is 24.3 Å². The average Bonchev–Trinajstić information content (AvgIpc) is 2.44. The topological polar surface area (TPSA) is 92.7 Å². The zero-order valence-electron chi connectivity index (χ0n) is 11.2. The van der Waals surface area contributed by atoms with Crippen LogP contribution in [-0.4, -0.2) is 35.9 Å². The first-order valence-electron chi connectivity index (χ1n) is 6.24. The van der Waals surface area contributed by atoms with Gasteiger partial charge in [-0.25, -0.2) is 0 Å². The summed E-state index contributed by atoms with van der Waals surface area (Å²) in [5.41, 5.74) is 0.531. The summed E-state index contributed by atoms with van der Waals surface area (Å²) in [6, 6.07) is 6.41. The van der Waals surface area contributed by atoms with Crippen LogP contribution < -0.4 is 10.1 Å². The fourth-order valence-corrected chi connectivity index (χ4v) is 1.48. The first kappa shape index (κ1) is 15.7. The van der Waals surface area contributed by atoms with Crippen LogP contribution in [0, 0.1) is 0 Å². The van der Waals surface area contributed by atoms with Gasteiger partial charge in [0.1, 0.15) is 12.0 Å². The van der Waals surface area contributed by atoms with Gasteiger partial charge in [-0.15, -0.1) is 0 Å². The van der Waals surface area contributed by atoms with Gasteiger partial charge in [-0.05, 0) is 37.6 Å². The number of hydrogen-bond acceptors (Lipinski definition) is 4. The molecule has 1 unspecified atom stereocenters. The number of carbonyl (C=O) groups excluding carboxylic acids is 2. The van der Waals surface area contributed by atoms with Gasteiger partial charge in [0.2, 0.25) is 0 Å². The molecule has 20 heavy (non-hydrogen) atoms. The monoisotopic (exact) mass is 279 g/mol. The van der Waals surface area contributed by atoms with E-state index in [9.17, 15) is 14.4 Å². The van der Waals surface area contributed by atoms with Crippen LogP contribution in [0.2, 0.25) is 0 Å². The number of carboxylic acids is 1. The van der Waals surface area contributed by atoms with Crippen LogP contribution in [0.3, 0.4) is 0 Å². The lowest BCUT2D eigenvalue weighted by atomic mass is 10.2. The zero-order chi connectivity index (χ0) is 15.0. The van der Waals surface area contributed by atoms with E-state index in [1.54, 1.807) is 31.2 Å². The molecule has 0 aliphatic heterocycles. The van der Waals surface area contributed by atoms with Gasteiger partial charge in [-0.2, -0.15) is 0 Å². The van der Waals surface area contributed by atoms with E-state index < -0.39 is 12.1 Å². The van der Waals surface area contributed by atoms with Crippen molar-refractivity contribution in [2.45, 2.75) is 25.9 Å². The summed E-state index contributed by atoms with van der Waals surface area (Å²) in [5.74, 6) is -0.711. The number of hydrogen-bond donors (Lipinski definition) is 2. The number of carboxylic acid groups (broad SMARTS) is 1. The second-order valence-corrected chi connectivity index (χ2v) is 4.24. The number of benzene rings is 1. The van der Waals surface area contributed by atoms with Crippen molar-refractivity contribution in [1.29, 1.82) is 0 Å². The minimum absolute atomic E-state index is 0.0165. The molecule has 0 bridgehead atoms. The molecule has 1 rings (SSSR count). The van der Waals surface area contributed by atoms with Crippen LogP contribution >= 0.6 is 0 Å². The lowest BCUT2D eigenvalue weighted by molar-refractivity contribution is -0.137. The number of carbonyl (C=O) groups is 3. The molecule has 1 aromatic carbocycles. The highest BCUT2D eigenvalue weighted by atomic mass is 16.5. The van der Waals surface area contributed by atoms with Crippen LogP contribution in [0.15, 0.2) is 24.3 Å². The normalized spacial score (nSPS) is 11.4. The van der Waals surface area contributed by atoms with Crippen molar-refractivity contribution in [2.24, 2.45) is 0 Å². The van der Waals surface area contributed by atoms with Gasteiger partial charge in [0, 0.05) is 18.5 Å². The van der Waals surface area contributed by atoms with Gasteiger partial charge in [0.15, 0.2) is 6.10 Å². The van der Waals surface area contributed by atoms with Crippen LogP contribution in [0.5, 0.6) is 5.75 Å². The van der Waals surface area contributed by atoms with Crippen molar-refractivity contribution in [1.82, 2.24) is 5.32 Å².